The molecule has 6 aromatic rings. The Morgan fingerprint density at radius 1 is 0.703 bits per heavy atom. The third-order valence-electron chi connectivity index (χ3n) is 5.28. The van der Waals surface area contributed by atoms with Crippen LogP contribution in [0.25, 0.3) is 31.1 Å². The summed E-state index contributed by atoms with van der Waals surface area (Å²) in [4.78, 5) is 10.3. The van der Waals surface area contributed by atoms with Crippen molar-refractivity contribution in [1.29, 1.82) is 0 Å². The molecule has 0 N–H and O–H groups in total. The van der Waals surface area contributed by atoms with Crippen molar-refractivity contribution in [3.05, 3.63) is 58.7 Å². The minimum Gasteiger partial charge on any atom is -0.493 e. The molecule has 0 aliphatic carbocycles. The van der Waals surface area contributed by atoms with Crippen LogP contribution in [0.4, 0.5) is 0 Å². The average Bonchev–Trinajstić information content (AvgIpc) is 3.71. The second-order valence-electron chi connectivity index (χ2n) is 7.38. The molecule has 0 fully saturated rings. The van der Waals surface area contributed by atoms with E-state index in [0.29, 0.717) is 23.0 Å². The smallest absolute Gasteiger partial charge is 0.213 e. The minimum atomic E-state index is 0.697. The van der Waals surface area contributed by atoms with E-state index in [2.05, 4.69) is 42.8 Å². The van der Waals surface area contributed by atoms with E-state index in [1.165, 1.54) is 11.3 Å². The average molecular weight is 649 g/mol. The van der Waals surface area contributed by atoms with Gasteiger partial charge in [0.25, 0.3) is 0 Å². The highest BCUT2D eigenvalue weighted by Crippen LogP contribution is 2.35. The molecule has 13 heteroatoms. The first-order chi connectivity index (χ1) is 18.0. The first kappa shape index (κ1) is 25.2. The molecule has 4 heterocycles. The van der Waals surface area contributed by atoms with E-state index in [4.69, 9.17) is 18.9 Å². The SMILES string of the molecule is COc1ccc(-c2nn3c(I)cnc3s2)cc1OC.COc1ccc(-c2nn3ccnc3s2)cc1OC. The van der Waals surface area contributed by atoms with E-state index in [-0.39, 0.29) is 0 Å². The Balaban J connectivity index is 0.000000152. The van der Waals surface area contributed by atoms with Gasteiger partial charge in [0, 0.05) is 17.3 Å². The van der Waals surface area contributed by atoms with Crippen LogP contribution in [0, 0.1) is 3.70 Å². The van der Waals surface area contributed by atoms with Gasteiger partial charge in [-0.1, -0.05) is 22.7 Å². The number of halogens is 1. The summed E-state index contributed by atoms with van der Waals surface area (Å²) in [5.74, 6) is 2.81. The van der Waals surface area contributed by atoms with Crippen LogP contribution < -0.4 is 18.9 Å². The Morgan fingerprint density at radius 3 is 1.81 bits per heavy atom. The summed E-state index contributed by atoms with van der Waals surface area (Å²) in [6.45, 7) is 0. The predicted octanol–water partition coefficient (Wildman–Crippen LogP) is 5.55. The fourth-order valence-corrected chi connectivity index (χ4v) is 5.84. The summed E-state index contributed by atoms with van der Waals surface area (Å²) in [6, 6.07) is 11.5. The number of benzene rings is 2. The minimum absolute atomic E-state index is 0.697. The highest BCUT2D eigenvalue weighted by Gasteiger charge is 2.13. The van der Waals surface area contributed by atoms with Gasteiger partial charge in [0.2, 0.25) is 9.92 Å². The normalized spacial score (nSPS) is 10.8. The van der Waals surface area contributed by atoms with Crippen LogP contribution in [0.15, 0.2) is 55.0 Å². The molecule has 0 bridgehead atoms. The lowest BCUT2D eigenvalue weighted by atomic mass is 10.2. The Hall–Kier alpha value is -3.43. The third kappa shape index (κ3) is 5.06. The molecule has 190 valence electrons. The third-order valence-corrected chi connectivity index (χ3v) is 7.97. The zero-order valence-electron chi connectivity index (χ0n) is 20.2. The molecule has 0 radical (unpaired) electrons. The lowest BCUT2D eigenvalue weighted by Crippen LogP contribution is -1.91. The maximum Gasteiger partial charge on any atom is 0.213 e. The lowest BCUT2D eigenvalue weighted by molar-refractivity contribution is 0.355. The second-order valence-corrected chi connectivity index (χ2v) is 10.4. The van der Waals surface area contributed by atoms with Gasteiger partial charge in [0.1, 0.15) is 13.7 Å². The molecule has 6 rings (SSSR count). The number of hydrogen-bond acceptors (Lipinski definition) is 10. The van der Waals surface area contributed by atoms with Crippen LogP contribution in [0.2, 0.25) is 0 Å². The maximum atomic E-state index is 5.31. The van der Waals surface area contributed by atoms with Crippen molar-refractivity contribution in [2.24, 2.45) is 0 Å². The number of imidazole rings is 2. The zero-order valence-corrected chi connectivity index (χ0v) is 24.0. The highest BCUT2D eigenvalue weighted by atomic mass is 127. The molecular formula is C24H21IN6O4S2. The predicted molar refractivity (Wildman–Crippen MR) is 152 cm³/mol. The van der Waals surface area contributed by atoms with E-state index in [1.807, 2.05) is 47.1 Å². The van der Waals surface area contributed by atoms with Crippen LogP contribution >= 0.6 is 45.3 Å². The summed E-state index contributed by atoms with van der Waals surface area (Å²) in [6.07, 6.45) is 5.37. The van der Waals surface area contributed by atoms with Gasteiger partial charge in [-0.05, 0) is 59.0 Å². The van der Waals surface area contributed by atoms with Crippen molar-refractivity contribution in [1.82, 2.24) is 29.2 Å². The van der Waals surface area contributed by atoms with Gasteiger partial charge in [-0.15, -0.1) is 0 Å². The lowest BCUT2D eigenvalue weighted by Gasteiger charge is -2.07. The Labute approximate surface area is 233 Å². The molecule has 0 aliphatic rings. The van der Waals surface area contributed by atoms with Gasteiger partial charge >= 0.3 is 0 Å². The first-order valence-electron chi connectivity index (χ1n) is 10.8. The largest absolute Gasteiger partial charge is 0.493 e. The van der Waals surface area contributed by atoms with Crippen LogP contribution in [0.3, 0.4) is 0 Å². The highest BCUT2D eigenvalue weighted by molar-refractivity contribution is 14.1. The summed E-state index contributed by atoms with van der Waals surface area (Å²) < 4.78 is 25.6. The number of rotatable bonds is 6. The Morgan fingerprint density at radius 2 is 1.27 bits per heavy atom. The van der Waals surface area contributed by atoms with E-state index in [9.17, 15) is 0 Å². The fourth-order valence-electron chi connectivity index (χ4n) is 3.48. The van der Waals surface area contributed by atoms with Crippen molar-refractivity contribution in [3.63, 3.8) is 0 Å². The number of ether oxygens (including phenoxy) is 4. The van der Waals surface area contributed by atoms with Gasteiger partial charge < -0.3 is 18.9 Å². The molecule has 0 unspecified atom stereocenters. The molecule has 0 saturated carbocycles. The van der Waals surface area contributed by atoms with Crippen LogP contribution in [0.1, 0.15) is 0 Å². The Kier molecular flexibility index (Phi) is 7.43. The standard InChI is InChI=1S/C12H10IN3O2S.C12H11N3O2S/c1-17-8-4-3-7(5-9(8)18-2)11-15-16-10(13)6-14-12(16)19-11;1-16-9-4-3-8(7-10(9)17-2)11-14-15-6-5-13-12(15)18-11/h3-6H,1-2H3;3-7H,1-2H3. The molecule has 37 heavy (non-hydrogen) atoms. The fraction of sp³-hybridized carbons (Fsp3) is 0.167. The van der Waals surface area contributed by atoms with Gasteiger partial charge in [0.05, 0.1) is 40.8 Å². The van der Waals surface area contributed by atoms with E-state index in [0.717, 1.165) is 34.8 Å². The molecular weight excluding hydrogens is 627 g/mol. The van der Waals surface area contributed by atoms with Crippen molar-refractivity contribution < 1.29 is 18.9 Å². The molecule has 0 saturated heterocycles. The summed E-state index contributed by atoms with van der Waals surface area (Å²) >= 11 is 5.29. The van der Waals surface area contributed by atoms with Crippen LogP contribution in [0.5, 0.6) is 23.0 Å². The van der Waals surface area contributed by atoms with Gasteiger partial charge in [-0.3, -0.25) is 0 Å². The summed E-state index contributed by atoms with van der Waals surface area (Å²) in [5.41, 5.74) is 1.98. The number of nitrogens with zero attached hydrogens (tertiary/aromatic N) is 6. The van der Waals surface area contributed by atoms with Gasteiger partial charge in [0.15, 0.2) is 23.0 Å². The van der Waals surface area contributed by atoms with Crippen LogP contribution in [-0.2, 0) is 0 Å². The molecule has 4 aromatic heterocycles. The summed E-state index contributed by atoms with van der Waals surface area (Å²) in [7, 11) is 6.49. The monoisotopic (exact) mass is 648 g/mol. The van der Waals surface area contributed by atoms with Crippen LogP contribution in [-0.4, -0.2) is 57.6 Å². The Bertz CT molecular complexity index is 1650. The van der Waals surface area contributed by atoms with Gasteiger partial charge in [-0.25, -0.2) is 14.5 Å². The van der Waals surface area contributed by atoms with E-state index >= 15 is 0 Å². The number of hydrogen-bond donors (Lipinski definition) is 0. The number of fused-ring (bicyclic) bond motifs is 2. The topological polar surface area (TPSA) is 97.3 Å². The maximum absolute atomic E-state index is 5.31. The molecule has 2 aromatic carbocycles. The van der Waals surface area contributed by atoms with Crippen molar-refractivity contribution in [2.75, 3.05) is 28.4 Å². The molecule has 10 nitrogen and oxygen atoms in total. The van der Waals surface area contributed by atoms with Crippen molar-refractivity contribution in [2.45, 2.75) is 0 Å². The van der Waals surface area contributed by atoms with Gasteiger partial charge in [-0.2, -0.15) is 14.7 Å². The first-order valence-corrected chi connectivity index (χ1v) is 13.5. The molecule has 0 aliphatic heterocycles. The zero-order chi connectivity index (χ0) is 25.9. The summed E-state index contributed by atoms with van der Waals surface area (Å²) in [5, 5.41) is 10.8. The molecule has 0 spiro atoms. The number of methoxy groups -OCH3 is 4. The molecule has 0 amide bonds. The van der Waals surface area contributed by atoms with E-state index < -0.39 is 0 Å². The quantitative estimate of drug-likeness (QED) is 0.217. The van der Waals surface area contributed by atoms with Crippen molar-refractivity contribution in [3.8, 4) is 44.1 Å². The second kappa shape index (κ2) is 10.9. The number of aromatic nitrogens is 6. The van der Waals surface area contributed by atoms with E-state index in [1.54, 1.807) is 56.7 Å². The van der Waals surface area contributed by atoms with Crippen molar-refractivity contribution >= 4 is 55.2 Å². The molecule has 0 atom stereocenters.